The zero-order valence-corrected chi connectivity index (χ0v) is 12.7. The second kappa shape index (κ2) is 6.12. The molecule has 110 valence electrons. The SMILES string of the molecule is Cc1ccc(NC(=O)CN2CCCC(C)(O)C2)cc1Cl. The fraction of sp³-hybridized carbons (Fsp3) is 0.533. The number of nitrogens with zero attached hydrogens (tertiary/aromatic N) is 1. The molecule has 1 aliphatic heterocycles. The maximum atomic E-state index is 12.0. The largest absolute Gasteiger partial charge is 0.389 e. The first-order valence-electron chi connectivity index (χ1n) is 6.86. The number of rotatable bonds is 3. The number of likely N-dealkylation sites (tertiary alicyclic amines) is 1. The van der Waals surface area contributed by atoms with Gasteiger partial charge in [-0.05, 0) is 50.9 Å². The summed E-state index contributed by atoms with van der Waals surface area (Å²) in [5.74, 6) is -0.0809. The highest BCUT2D eigenvalue weighted by molar-refractivity contribution is 6.31. The van der Waals surface area contributed by atoms with Crippen molar-refractivity contribution >= 4 is 23.2 Å². The number of amides is 1. The molecule has 0 spiro atoms. The van der Waals surface area contributed by atoms with Gasteiger partial charge in [-0.25, -0.2) is 0 Å². The summed E-state index contributed by atoms with van der Waals surface area (Å²) in [4.78, 5) is 14.0. The lowest BCUT2D eigenvalue weighted by Crippen LogP contribution is -2.48. The fourth-order valence-electron chi connectivity index (χ4n) is 2.53. The van der Waals surface area contributed by atoms with Crippen molar-refractivity contribution in [2.24, 2.45) is 0 Å². The van der Waals surface area contributed by atoms with E-state index in [4.69, 9.17) is 11.6 Å². The highest BCUT2D eigenvalue weighted by Gasteiger charge is 2.29. The Morgan fingerprint density at radius 1 is 1.55 bits per heavy atom. The number of anilines is 1. The van der Waals surface area contributed by atoms with Crippen LogP contribution in [0.15, 0.2) is 18.2 Å². The Balaban J connectivity index is 1.90. The van der Waals surface area contributed by atoms with Crippen LogP contribution in [0, 0.1) is 6.92 Å². The molecule has 0 saturated carbocycles. The molecule has 20 heavy (non-hydrogen) atoms. The molecule has 1 aromatic rings. The van der Waals surface area contributed by atoms with Crippen molar-refractivity contribution in [3.05, 3.63) is 28.8 Å². The summed E-state index contributed by atoms with van der Waals surface area (Å²) in [6.45, 7) is 5.41. The maximum absolute atomic E-state index is 12.0. The first-order valence-corrected chi connectivity index (χ1v) is 7.24. The molecule has 0 aliphatic carbocycles. The molecule has 2 rings (SSSR count). The number of carbonyl (C=O) groups excluding carboxylic acids is 1. The lowest BCUT2D eigenvalue weighted by atomic mass is 9.95. The van der Waals surface area contributed by atoms with E-state index >= 15 is 0 Å². The number of carbonyl (C=O) groups is 1. The van der Waals surface area contributed by atoms with Gasteiger partial charge in [-0.3, -0.25) is 9.69 Å². The van der Waals surface area contributed by atoms with Gasteiger partial charge in [0.15, 0.2) is 0 Å². The Morgan fingerprint density at radius 3 is 2.95 bits per heavy atom. The highest BCUT2D eigenvalue weighted by atomic mass is 35.5. The van der Waals surface area contributed by atoms with Crippen molar-refractivity contribution in [1.29, 1.82) is 0 Å². The summed E-state index contributed by atoms with van der Waals surface area (Å²) in [5, 5.41) is 13.5. The molecule has 1 aliphatic rings. The minimum absolute atomic E-state index is 0.0809. The summed E-state index contributed by atoms with van der Waals surface area (Å²) in [7, 11) is 0. The van der Waals surface area contributed by atoms with Crippen molar-refractivity contribution in [2.75, 3.05) is 25.0 Å². The van der Waals surface area contributed by atoms with E-state index in [0.717, 1.165) is 24.9 Å². The molecule has 1 amide bonds. The fourth-order valence-corrected chi connectivity index (χ4v) is 2.71. The Bertz CT molecular complexity index is 503. The van der Waals surface area contributed by atoms with Crippen LogP contribution in [0.25, 0.3) is 0 Å². The molecule has 0 aromatic heterocycles. The van der Waals surface area contributed by atoms with Gasteiger partial charge in [0.05, 0.1) is 12.1 Å². The normalized spacial score (nSPS) is 23.6. The maximum Gasteiger partial charge on any atom is 0.238 e. The number of β-amino-alcohol motifs (C(OH)–C–C–N with tert-alkyl or cyclic N) is 1. The van der Waals surface area contributed by atoms with Gasteiger partial charge in [0, 0.05) is 17.3 Å². The average molecular weight is 297 g/mol. The van der Waals surface area contributed by atoms with E-state index in [1.807, 2.05) is 30.9 Å². The highest BCUT2D eigenvalue weighted by Crippen LogP contribution is 2.21. The van der Waals surface area contributed by atoms with E-state index in [2.05, 4.69) is 5.32 Å². The number of aliphatic hydroxyl groups is 1. The van der Waals surface area contributed by atoms with Crippen molar-refractivity contribution in [3.63, 3.8) is 0 Å². The molecule has 1 aromatic carbocycles. The minimum atomic E-state index is -0.689. The molecule has 2 N–H and O–H groups in total. The van der Waals surface area contributed by atoms with Gasteiger partial charge < -0.3 is 10.4 Å². The quantitative estimate of drug-likeness (QED) is 0.901. The number of benzene rings is 1. The number of piperidine rings is 1. The number of aryl methyl sites for hydroxylation is 1. The smallest absolute Gasteiger partial charge is 0.238 e. The number of hydrogen-bond acceptors (Lipinski definition) is 3. The first-order chi connectivity index (χ1) is 9.35. The van der Waals surface area contributed by atoms with Gasteiger partial charge >= 0.3 is 0 Å². The van der Waals surface area contributed by atoms with Gasteiger partial charge in [0.1, 0.15) is 0 Å². The number of hydrogen-bond donors (Lipinski definition) is 2. The molecule has 0 radical (unpaired) electrons. The molecule has 1 saturated heterocycles. The van der Waals surface area contributed by atoms with E-state index < -0.39 is 5.60 Å². The molecule has 1 heterocycles. The molecule has 1 atom stereocenters. The van der Waals surface area contributed by atoms with E-state index in [0.29, 0.717) is 23.8 Å². The van der Waals surface area contributed by atoms with Crippen molar-refractivity contribution in [1.82, 2.24) is 4.90 Å². The summed E-state index contributed by atoms with van der Waals surface area (Å²) >= 11 is 6.03. The molecule has 5 heteroatoms. The van der Waals surface area contributed by atoms with Crippen molar-refractivity contribution in [3.8, 4) is 0 Å². The number of nitrogens with one attached hydrogen (secondary N) is 1. The van der Waals surface area contributed by atoms with E-state index in [1.165, 1.54) is 0 Å². The van der Waals surface area contributed by atoms with Crippen LogP contribution in [0.5, 0.6) is 0 Å². The molecular formula is C15H21ClN2O2. The van der Waals surface area contributed by atoms with Crippen LogP contribution in [-0.2, 0) is 4.79 Å². The van der Waals surface area contributed by atoms with Gasteiger partial charge in [-0.15, -0.1) is 0 Å². The van der Waals surface area contributed by atoms with Crippen LogP contribution in [0.3, 0.4) is 0 Å². The predicted molar refractivity (Wildman–Crippen MR) is 81.1 cm³/mol. The van der Waals surface area contributed by atoms with Crippen LogP contribution in [0.4, 0.5) is 5.69 Å². The molecule has 4 nitrogen and oxygen atoms in total. The summed E-state index contributed by atoms with van der Waals surface area (Å²) in [6.07, 6.45) is 1.70. The number of halogens is 1. The van der Waals surface area contributed by atoms with Crippen LogP contribution < -0.4 is 5.32 Å². The summed E-state index contributed by atoms with van der Waals surface area (Å²) < 4.78 is 0. The predicted octanol–water partition coefficient (Wildman–Crippen LogP) is 2.43. The zero-order valence-electron chi connectivity index (χ0n) is 11.9. The Hall–Kier alpha value is -1.10. The Morgan fingerprint density at radius 2 is 2.30 bits per heavy atom. The van der Waals surface area contributed by atoms with Gasteiger partial charge in [-0.2, -0.15) is 0 Å². The topological polar surface area (TPSA) is 52.6 Å². The summed E-state index contributed by atoms with van der Waals surface area (Å²) in [5.41, 5.74) is 0.997. The molecular weight excluding hydrogens is 276 g/mol. The second-order valence-corrected chi connectivity index (χ2v) is 6.23. The van der Waals surface area contributed by atoms with Crippen LogP contribution in [0.2, 0.25) is 5.02 Å². The standard InChI is InChI=1S/C15H21ClN2O2/c1-11-4-5-12(8-13(11)16)17-14(19)9-18-7-3-6-15(2,20)10-18/h4-5,8,20H,3,6-7,9-10H2,1-2H3,(H,17,19). The van der Waals surface area contributed by atoms with Gasteiger partial charge in [0.25, 0.3) is 0 Å². The molecule has 0 bridgehead atoms. The lowest BCUT2D eigenvalue weighted by molar-refractivity contribution is -0.118. The van der Waals surface area contributed by atoms with Gasteiger partial charge in [0.2, 0.25) is 5.91 Å². The van der Waals surface area contributed by atoms with E-state index in [1.54, 1.807) is 6.07 Å². The average Bonchev–Trinajstić information content (AvgIpc) is 2.32. The molecule has 1 unspecified atom stereocenters. The zero-order chi connectivity index (χ0) is 14.8. The monoisotopic (exact) mass is 296 g/mol. The Labute approximate surface area is 124 Å². The Kier molecular flexibility index (Phi) is 4.68. The molecule has 1 fully saturated rings. The third-order valence-corrected chi connectivity index (χ3v) is 3.98. The second-order valence-electron chi connectivity index (χ2n) is 5.82. The van der Waals surface area contributed by atoms with Crippen LogP contribution in [0.1, 0.15) is 25.3 Å². The van der Waals surface area contributed by atoms with E-state index in [-0.39, 0.29) is 5.91 Å². The van der Waals surface area contributed by atoms with E-state index in [9.17, 15) is 9.90 Å². The third kappa shape index (κ3) is 4.20. The first kappa shape index (κ1) is 15.3. The van der Waals surface area contributed by atoms with Crippen molar-refractivity contribution < 1.29 is 9.90 Å². The van der Waals surface area contributed by atoms with Crippen LogP contribution >= 0.6 is 11.6 Å². The lowest BCUT2D eigenvalue weighted by Gasteiger charge is -2.36. The van der Waals surface area contributed by atoms with Gasteiger partial charge in [-0.1, -0.05) is 17.7 Å². The third-order valence-electron chi connectivity index (χ3n) is 3.58. The summed E-state index contributed by atoms with van der Waals surface area (Å²) in [6, 6.07) is 5.47. The minimum Gasteiger partial charge on any atom is -0.389 e. The van der Waals surface area contributed by atoms with Crippen LogP contribution in [-0.4, -0.2) is 41.1 Å². The van der Waals surface area contributed by atoms with Crippen molar-refractivity contribution in [2.45, 2.75) is 32.3 Å².